The van der Waals surface area contributed by atoms with E-state index in [9.17, 15) is 4.79 Å². The van der Waals surface area contributed by atoms with Crippen molar-refractivity contribution in [3.63, 3.8) is 0 Å². The molecule has 33 heavy (non-hydrogen) atoms. The van der Waals surface area contributed by atoms with Gasteiger partial charge in [0, 0.05) is 34.7 Å². The van der Waals surface area contributed by atoms with Crippen LogP contribution in [0.4, 0.5) is 0 Å². The van der Waals surface area contributed by atoms with Crippen LogP contribution in [-0.2, 0) is 11.3 Å². The van der Waals surface area contributed by atoms with E-state index in [0.29, 0.717) is 18.9 Å². The topological polar surface area (TPSA) is 65.8 Å². The lowest BCUT2D eigenvalue weighted by Gasteiger charge is -2.57. The Bertz CT molecular complexity index is 1280. The van der Waals surface area contributed by atoms with E-state index in [1.54, 1.807) is 18.4 Å². The molecule has 1 aromatic carbocycles. The van der Waals surface area contributed by atoms with Crippen molar-refractivity contribution in [1.82, 2.24) is 14.7 Å². The van der Waals surface area contributed by atoms with E-state index in [-0.39, 0.29) is 18.1 Å². The van der Waals surface area contributed by atoms with Gasteiger partial charge in [0.2, 0.25) is 0 Å². The molecule has 0 aliphatic carbocycles. The molecule has 1 spiro atoms. The summed E-state index contributed by atoms with van der Waals surface area (Å²) in [6.45, 7) is 6.35. The standard InChI is InChI=1S/C25H25N3O4S/c1-15(2)8-16-9-18-21(10-20(16)30-3)32-11-19-22(24(29)27-6-5-25(27)13-31-14-25)26-28(23(18)19)17-4-7-33-12-17/h4,7-10,12H,5-6,11,13-14H2,1-3H3. The number of fused-ring (bicyclic) bond motifs is 3. The molecule has 6 rings (SSSR count). The van der Waals surface area contributed by atoms with Gasteiger partial charge in [-0.25, -0.2) is 4.68 Å². The summed E-state index contributed by atoms with van der Waals surface area (Å²) in [7, 11) is 1.66. The van der Waals surface area contributed by atoms with Crippen molar-refractivity contribution >= 4 is 23.3 Å². The number of benzene rings is 1. The number of ether oxygens (including phenoxy) is 3. The third kappa shape index (κ3) is 3.04. The molecule has 2 saturated heterocycles. The molecule has 3 aliphatic rings. The van der Waals surface area contributed by atoms with Crippen LogP contribution in [0.25, 0.3) is 23.0 Å². The molecule has 5 heterocycles. The molecule has 0 atom stereocenters. The van der Waals surface area contributed by atoms with Gasteiger partial charge >= 0.3 is 0 Å². The summed E-state index contributed by atoms with van der Waals surface area (Å²) in [6.07, 6.45) is 3.07. The van der Waals surface area contributed by atoms with Crippen molar-refractivity contribution < 1.29 is 19.0 Å². The Hall–Kier alpha value is -3.10. The summed E-state index contributed by atoms with van der Waals surface area (Å²) in [5.41, 5.74) is 6.03. The molecular formula is C25H25N3O4S. The maximum absolute atomic E-state index is 13.6. The van der Waals surface area contributed by atoms with Crippen LogP contribution in [0.1, 0.15) is 41.9 Å². The fourth-order valence-corrected chi connectivity index (χ4v) is 5.47. The number of methoxy groups -OCH3 is 1. The molecule has 1 amide bonds. The zero-order valence-electron chi connectivity index (χ0n) is 18.9. The molecule has 3 aromatic rings. The van der Waals surface area contributed by atoms with Crippen molar-refractivity contribution in [3.8, 4) is 28.4 Å². The highest BCUT2D eigenvalue weighted by atomic mass is 32.1. The molecule has 3 aliphatic heterocycles. The average Bonchev–Trinajstić information content (AvgIpc) is 3.38. The minimum absolute atomic E-state index is 0.0418. The predicted octanol–water partition coefficient (Wildman–Crippen LogP) is 4.54. The maximum Gasteiger partial charge on any atom is 0.275 e. The first-order valence-corrected chi connectivity index (χ1v) is 12.0. The highest BCUT2D eigenvalue weighted by Gasteiger charge is 2.54. The Morgan fingerprint density at radius 2 is 2.15 bits per heavy atom. The summed E-state index contributed by atoms with van der Waals surface area (Å²) < 4.78 is 19.1. The van der Waals surface area contributed by atoms with E-state index in [0.717, 1.165) is 52.5 Å². The number of likely N-dealkylation sites (tertiary alicyclic amines) is 1. The number of thiophene rings is 1. The highest BCUT2D eigenvalue weighted by molar-refractivity contribution is 7.08. The summed E-state index contributed by atoms with van der Waals surface area (Å²) in [4.78, 5) is 15.6. The van der Waals surface area contributed by atoms with E-state index in [4.69, 9.17) is 19.3 Å². The second-order valence-corrected chi connectivity index (χ2v) is 9.87. The van der Waals surface area contributed by atoms with Gasteiger partial charge in [-0.3, -0.25) is 4.79 Å². The average molecular weight is 464 g/mol. The van der Waals surface area contributed by atoms with E-state index < -0.39 is 0 Å². The zero-order chi connectivity index (χ0) is 22.7. The Kier molecular flexibility index (Phi) is 4.64. The van der Waals surface area contributed by atoms with E-state index in [2.05, 4.69) is 26.0 Å². The fourth-order valence-electron chi connectivity index (χ4n) is 4.86. The minimum atomic E-state index is -0.145. The summed E-state index contributed by atoms with van der Waals surface area (Å²) in [6, 6.07) is 6.02. The SMILES string of the molecule is COc1cc2c(cc1C=C(C)C)-c1c(c(C(=O)N3CCC34COC4)nn1-c1ccsc1)CO2. The van der Waals surface area contributed by atoms with Crippen LogP contribution in [0.15, 0.2) is 34.5 Å². The molecule has 170 valence electrons. The molecule has 0 saturated carbocycles. The van der Waals surface area contributed by atoms with E-state index in [1.807, 2.05) is 32.5 Å². The second-order valence-electron chi connectivity index (χ2n) is 9.09. The normalized spacial score (nSPS) is 17.4. The van der Waals surface area contributed by atoms with Gasteiger partial charge in [-0.15, -0.1) is 0 Å². The number of carbonyl (C=O) groups is 1. The lowest BCUT2D eigenvalue weighted by molar-refractivity contribution is -0.172. The zero-order valence-corrected chi connectivity index (χ0v) is 19.7. The quantitative estimate of drug-likeness (QED) is 0.568. The molecule has 0 unspecified atom stereocenters. The van der Waals surface area contributed by atoms with Gasteiger partial charge in [-0.1, -0.05) is 11.6 Å². The van der Waals surface area contributed by atoms with Crippen molar-refractivity contribution in [2.24, 2.45) is 0 Å². The molecular weight excluding hydrogens is 438 g/mol. The third-order valence-electron chi connectivity index (χ3n) is 6.70. The minimum Gasteiger partial charge on any atom is -0.496 e. The van der Waals surface area contributed by atoms with Gasteiger partial charge < -0.3 is 19.1 Å². The van der Waals surface area contributed by atoms with Crippen molar-refractivity contribution in [2.45, 2.75) is 32.4 Å². The second kappa shape index (κ2) is 7.46. The number of amides is 1. The van der Waals surface area contributed by atoms with Crippen LogP contribution in [0.2, 0.25) is 0 Å². The number of allylic oxidation sites excluding steroid dienone is 1. The lowest BCUT2D eigenvalue weighted by atomic mass is 9.82. The van der Waals surface area contributed by atoms with Gasteiger partial charge in [0.05, 0.1) is 37.2 Å². The molecule has 0 bridgehead atoms. The van der Waals surface area contributed by atoms with Crippen LogP contribution in [-0.4, -0.2) is 53.0 Å². The van der Waals surface area contributed by atoms with Crippen LogP contribution in [0, 0.1) is 0 Å². The van der Waals surface area contributed by atoms with E-state index >= 15 is 0 Å². The lowest BCUT2D eigenvalue weighted by Crippen LogP contribution is -2.72. The van der Waals surface area contributed by atoms with Gasteiger partial charge in [0.15, 0.2) is 5.69 Å². The monoisotopic (exact) mass is 463 g/mol. The Morgan fingerprint density at radius 1 is 1.30 bits per heavy atom. The Labute approximate surface area is 196 Å². The van der Waals surface area contributed by atoms with Crippen LogP contribution < -0.4 is 9.47 Å². The van der Waals surface area contributed by atoms with Crippen molar-refractivity contribution in [3.05, 3.63) is 51.4 Å². The number of hydrogen-bond donors (Lipinski definition) is 0. The number of aromatic nitrogens is 2. The first-order chi connectivity index (χ1) is 16.0. The fraction of sp³-hybridized carbons (Fsp3) is 0.360. The molecule has 0 radical (unpaired) electrons. The third-order valence-corrected chi connectivity index (χ3v) is 7.37. The molecule has 8 heteroatoms. The first kappa shape index (κ1) is 20.5. The molecule has 2 aromatic heterocycles. The largest absolute Gasteiger partial charge is 0.496 e. The smallest absolute Gasteiger partial charge is 0.275 e. The predicted molar refractivity (Wildman–Crippen MR) is 126 cm³/mol. The van der Waals surface area contributed by atoms with E-state index in [1.165, 1.54) is 5.57 Å². The van der Waals surface area contributed by atoms with Gasteiger partial charge in [-0.05, 0) is 37.8 Å². The number of nitrogens with zero attached hydrogens (tertiary/aromatic N) is 3. The van der Waals surface area contributed by atoms with Gasteiger partial charge in [0.25, 0.3) is 5.91 Å². The van der Waals surface area contributed by atoms with Gasteiger partial charge in [0.1, 0.15) is 18.1 Å². The maximum atomic E-state index is 13.6. The number of rotatable bonds is 4. The number of carbonyl (C=O) groups excluding carboxylic acids is 1. The highest BCUT2D eigenvalue weighted by Crippen LogP contribution is 2.45. The summed E-state index contributed by atoms with van der Waals surface area (Å²) in [5.74, 6) is 1.44. The summed E-state index contributed by atoms with van der Waals surface area (Å²) >= 11 is 1.60. The number of hydrogen-bond acceptors (Lipinski definition) is 6. The van der Waals surface area contributed by atoms with Crippen LogP contribution >= 0.6 is 11.3 Å². The Balaban J connectivity index is 1.53. The summed E-state index contributed by atoms with van der Waals surface area (Å²) in [5, 5.41) is 8.92. The first-order valence-electron chi connectivity index (χ1n) is 11.0. The Morgan fingerprint density at radius 3 is 2.76 bits per heavy atom. The van der Waals surface area contributed by atoms with Gasteiger partial charge in [-0.2, -0.15) is 16.4 Å². The van der Waals surface area contributed by atoms with Crippen molar-refractivity contribution in [2.75, 3.05) is 26.9 Å². The van der Waals surface area contributed by atoms with Crippen LogP contribution in [0.5, 0.6) is 11.5 Å². The molecule has 7 nitrogen and oxygen atoms in total. The van der Waals surface area contributed by atoms with Crippen molar-refractivity contribution in [1.29, 1.82) is 0 Å². The molecule has 2 fully saturated rings. The van der Waals surface area contributed by atoms with Crippen LogP contribution in [0.3, 0.4) is 0 Å². The molecule has 0 N–H and O–H groups in total.